The van der Waals surface area contributed by atoms with Gasteiger partial charge in [-0.3, -0.25) is 9.59 Å². The molecule has 3 heterocycles. The number of carbonyl (C=O) groups is 1. The fraction of sp³-hybridized carbons (Fsp3) is 0.591. The van der Waals surface area contributed by atoms with Gasteiger partial charge in [0, 0.05) is 45.7 Å². The van der Waals surface area contributed by atoms with E-state index in [9.17, 15) is 35.9 Å². The zero-order chi connectivity index (χ0) is 28.8. The Morgan fingerprint density at radius 1 is 1.13 bits per heavy atom. The topological polar surface area (TPSA) is 126 Å². The highest BCUT2D eigenvalue weighted by Crippen LogP contribution is 2.32. The number of alkyl halides is 6. The first-order valence-electron chi connectivity index (χ1n) is 11.7. The Hall–Kier alpha value is -3.47. The highest BCUT2D eigenvalue weighted by Gasteiger charge is 2.38. The lowest BCUT2D eigenvalue weighted by Gasteiger charge is -2.36. The predicted octanol–water partition coefficient (Wildman–Crippen LogP) is 2.17. The molecule has 1 amide bonds. The average molecular weight is 567 g/mol. The summed E-state index contributed by atoms with van der Waals surface area (Å²) in [6.07, 6.45) is -6.16. The molecule has 216 valence electrons. The van der Waals surface area contributed by atoms with E-state index in [2.05, 4.69) is 20.4 Å². The van der Waals surface area contributed by atoms with Crippen LogP contribution in [0.4, 0.5) is 38.0 Å². The van der Waals surface area contributed by atoms with Crippen molar-refractivity contribution in [3.8, 4) is 0 Å². The second-order valence-corrected chi connectivity index (χ2v) is 8.79. The minimum absolute atomic E-state index is 0.0847. The molecule has 2 aromatic heterocycles. The van der Waals surface area contributed by atoms with Gasteiger partial charge in [0.25, 0.3) is 5.56 Å². The van der Waals surface area contributed by atoms with Crippen molar-refractivity contribution in [1.82, 2.24) is 25.1 Å². The summed E-state index contributed by atoms with van der Waals surface area (Å²) in [5, 5.41) is 7.68. The van der Waals surface area contributed by atoms with Crippen molar-refractivity contribution in [3.05, 3.63) is 40.1 Å². The number of carbonyl (C=O) groups excluding carboxylic acids is 1. The Labute approximate surface area is 218 Å². The van der Waals surface area contributed by atoms with Crippen molar-refractivity contribution < 1.29 is 40.6 Å². The van der Waals surface area contributed by atoms with Crippen molar-refractivity contribution in [2.45, 2.75) is 37.3 Å². The van der Waals surface area contributed by atoms with Gasteiger partial charge in [-0.25, -0.2) is 15.1 Å². The second-order valence-electron chi connectivity index (χ2n) is 8.79. The molecule has 39 heavy (non-hydrogen) atoms. The molecule has 1 atom stereocenters. The lowest BCUT2D eigenvalue weighted by Crippen LogP contribution is -2.47. The summed E-state index contributed by atoms with van der Waals surface area (Å²) < 4.78 is 88.5. The van der Waals surface area contributed by atoms with E-state index >= 15 is 0 Å². The van der Waals surface area contributed by atoms with Crippen molar-refractivity contribution in [2.75, 3.05) is 57.3 Å². The van der Waals surface area contributed by atoms with Crippen LogP contribution in [-0.4, -0.2) is 90.1 Å². The third kappa shape index (κ3) is 8.01. The number of nitrogens with one attached hydrogen (secondary N) is 2. The van der Waals surface area contributed by atoms with Gasteiger partial charge in [-0.2, -0.15) is 31.4 Å². The SMILES string of the molecule is COCC(COCC(=O)N(C)C1CCN(c2ncc(C(F)(F)F)cn2)CC1)Nc1cn[nH]c(=O)c1C(F)(F)F. The highest BCUT2D eigenvalue weighted by atomic mass is 19.4. The molecular weight excluding hydrogens is 540 g/mol. The monoisotopic (exact) mass is 567 g/mol. The van der Waals surface area contributed by atoms with Crippen LogP contribution in [-0.2, 0) is 26.6 Å². The van der Waals surface area contributed by atoms with Gasteiger partial charge in [0.2, 0.25) is 11.9 Å². The van der Waals surface area contributed by atoms with Crippen LogP contribution in [0.25, 0.3) is 0 Å². The number of nitrogens with zero attached hydrogens (tertiary/aromatic N) is 5. The summed E-state index contributed by atoms with van der Waals surface area (Å²) in [4.78, 5) is 35.1. The number of amides is 1. The Balaban J connectivity index is 1.50. The van der Waals surface area contributed by atoms with Crippen LogP contribution in [0.5, 0.6) is 0 Å². The van der Waals surface area contributed by atoms with Gasteiger partial charge in [-0.05, 0) is 12.8 Å². The number of likely N-dealkylation sites (N-methyl/N-ethyl adjacent to an activating group) is 1. The first kappa shape index (κ1) is 30.1. The highest BCUT2D eigenvalue weighted by molar-refractivity contribution is 5.77. The van der Waals surface area contributed by atoms with Gasteiger partial charge in [0.1, 0.15) is 12.2 Å². The quantitative estimate of drug-likeness (QED) is 0.416. The third-order valence-electron chi connectivity index (χ3n) is 6.07. The molecule has 1 aliphatic heterocycles. The molecule has 0 bridgehead atoms. The predicted molar refractivity (Wildman–Crippen MR) is 125 cm³/mol. The first-order valence-corrected chi connectivity index (χ1v) is 11.7. The van der Waals surface area contributed by atoms with Crippen LogP contribution in [0, 0.1) is 0 Å². The smallest absolute Gasteiger partial charge is 0.382 e. The van der Waals surface area contributed by atoms with E-state index < -0.39 is 40.8 Å². The third-order valence-corrected chi connectivity index (χ3v) is 6.07. The van der Waals surface area contributed by atoms with Crippen LogP contribution in [0.1, 0.15) is 24.0 Å². The number of H-pyrrole nitrogens is 1. The van der Waals surface area contributed by atoms with Gasteiger partial charge in [0.05, 0.1) is 36.7 Å². The number of anilines is 2. The molecule has 3 rings (SSSR count). The number of aromatic amines is 1. The molecule has 1 saturated heterocycles. The minimum atomic E-state index is -4.93. The molecule has 0 saturated carbocycles. The average Bonchev–Trinajstić information content (AvgIpc) is 2.87. The molecular formula is C22H27F6N7O4. The van der Waals surface area contributed by atoms with Gasteiger partial charge in [-0.1, -0.05) is 0 Å². The van der Waals surface area contributed by atoms with Crippen LogP contribution in [0.3, 0.4) is 0 Å². The summed E-state index contributed by atoms with van der Waals surface area (Å²) >= 11 is 0. The summed E-state index contributed by atoms with van der Waals surface area (Å²) in [5.74, 6) is -0.205. The molecule has 1 aliphatic rings. The van der Waals surface area contributed by atoms with Crippen LogP contribution < -0.4 is 15.8 Å². The summed E-state index contributed by atoms with van der Waals surface area (Å²) in [7, 11) is 2.92. The zero-order valence-corrected chi connectivity index (χ0v) is 21.0. The van der Waals surface area contributed by atoms with Gasteiger partial charge in [0.15, 0.2) is 0 Å². The number of piperidine rings is 1. The summed E-state index contributed by atoms with van der Waals surface area (Å²) in [5.41, 5.74) is -4.34. The fourth-order valence-electron chi connectivity index (χ4n) is 4.02. The van der Waals surface area contributed by atoms with Crippen LogP contribution in [0.15, 0.2) is 23.4 Å². The van der Waals surface area contributed by atoms with Crippen molar-refractivity contribution in [3.63, 3.8) is 0 Å². The van der Waals surface area contributed by atoms with Crippen molar-refractivity contribution in [1.29, 1.82) is 0 Å². The Morgan fingerprint density at radius 3 is 2.33 bits per heavy atom. The lowest BCUT2D eigenvalue weighted by atomic mass is 10.0. The van der Waals surface area contributed by atoms with Gasteiger partial charge >= 0.3 is 12.4 Å². The maximum absolute atomic E-state index is 13.3. The minimum Gasteiger partial charge on any atom is -0.382 e. The normalized spacial score (nSPS) is 15.7. The van der Waals surface area contributed by atoms with E-state index in [-0.39, 0.29) is 37.7 Å². The molecule has 1 fully saturated rings. The number of halogens is 6. The Morgan fingerprint density at radius 2 is 1.77 bits per heavy atom. The molecule has 2 aromatic rings. The van der Waals surface area contributed by atoms with Crippen LogP contribution in [0.2, 0.25) is 0 Å². The first-order chi connectivity index (χ1) is 18.3. The Bertz CT molecular complexity index is 1150. The zero-order valence-electron chi connectivity index (χ0n) is 21.0. The fourth-order valence-corrected chi connectivity index (χ4v) is 4.02. The molecule has 0 aromatic carbocycles. The van der Waals surface area contributed by atoms with E-state index in [0.29, 0.717) is 25.9 Å². The van der Waals surface area contributed by atoms with Crippen LogP contribution >= 0.6 is 0 Å². The van der Waals surface area contributed by atoms with E-state index in [1.165, 1.54) is 12.0 Å². The Kier molecular flexibility index (Phi) is 9.71. The number of hydrogen-bond acceptors (Lipinski definition) is 9. The molecule has 11 nitrogen and oxygen atoms in total. The number of ether oxygens (including phenoxy) is 2. The molecule has 2 N–H and O–H groups in total. The number of methoxy groups -OCH3 is 1. The second kappa shape index (κ2) is 12.6. The van der Waals surface area contributed by atoms with E-state index in [1.807, 2.05) is 0 Å². The molecule has 0 aliphatic carbocycles. The number of aromatic nitrogens is 4. The van der Waals surface area contributed by atoms with Crippen molar-refractivity contribution >= 4 is 17.5 Å². The van der Waals surface area contributed by atoms with E-state index in [4.69, 9.17) is 9.47 Å². The molecule has 1 unspecified atom stereocenters. The summed E-state index contributed by atoms with van der Waals surface area (Å²) in [6.45, 7) is 0.181. The number of rotatable bonds is 10. The van der Waals surface area contributed by atoms with Gasteiger partial charge < -0.3 is 24.6 Å². The molecule has 0 spiro atoms. The van der Waals surface area contributed by atoms with E-state index in [0.717, 1.165) is 18.6 Å². The summed E-state index contributed by atoms with van der Waals surface area (Å²) in [6, 6.07) is -0.999. The largest absolute Gasteiger partial charge is 0.423 e. The maximum Gasteiger partial charge on any atom is 0.423 e. The molecule has 0 radical (unpaired) electrons. The van der Waals surface area contributed by atoms with Crippen molar-refractivity contribution in [2.24, 2.45) is 0 Å². The standard InChI is InChI=1S/C22H27F6N7O4/c1-34(15-3-5-35(6-4-15)20-29-7-13(8-30-20)21(23,24)25)17(36)12-39-11-14(10-38-2)32-16-9-31-33-19(37)18(16)22(26,27)28/h7-9,14-15H,3-6,10-12H2,1-2H3,(H2,32,33,37). The lowest BCUT2D eigenvalue weighted by molar-refractivity contribution is -0.139. The van der Waals surface area contributed by atoms with Gasteiger partial charge in [-0.15, -0.1) is 0 Å². The molecule has 17 heteroatoms. The number of hydrogen-bond donors (Lipinski definition) is 2. The van der Waals surface area contributed by atoms with E-state index in [1.54, 1.807) is 17.0 Å². The maximum atomic E-state index is 13.3.